The molecule has 6 heteroatoms. The summed E-state index contributed by atoms with van der Waals surface area (Å²) in [6, 6.07) is 13.5. The minimum Gasteiger partial charge on any atom is -0.329 e. The molecule has 3 rings (SSSR count). The van der Waals surface area contributed by atoms with Gasteiger partial charge >= 0.3 is 0 Å². The Morgan fingerprint density at radius 1 is 1.17 bits per heavy atom. The third kappa shape index (κ3) is 4.23. The summed E-state index contributed by atoms with van der Waals surface area (Å²) in [4.78, 5) is 17.3. The van der Waals surface area contributed by atoms with Gasteiger partial charge in [0.25, 0.3) is 0 Å². The number of carbonyl (C=O) groups excluding carboxylic acids is 1. The second-order valence-electron chi connectivity index (χ2n) is 5.30. The van der Waals surface area contributed by atoms with Gasteiger partial charge in [0.05, 0.1) is 6.42 Å². The van der Waals surface area contributed by atoms with Crippen LogP contribution in [-0.4, -0.2) is 15.5 Å². The van der Waals surface area contributed by atoms with Gasteiger partial charge in [0.2, 0.25) is 5.91 Å². The van der Waals surface area contributed by atoms with Crippen molar-refractivity contribution >= 4 is 23.4 Å². The Balaban J connectivity index is 1.58. The zero-order valence-corrected chi connectivity index (χ0v) is 13.9. The maximum atomic E-state index is 12.9. The van der Waals surface area contributed by atoms with Crippen molar-refractivity contribution in [2.75, 3.05) is 5.32 Å². The van der Waals surface area contributed by atoms with Crippen LogP contribution in [0.1, 0.15) is 5.56 Å². The standard InChI is InChI=1S/C18H16FN3OS/c1-22-11-10-20-18(22)24-16-8-6-15(7-9-16)21-17(23)12-13-2-4-14(19)5-3-13/h2-11H,12H2,1H3,(H,21,23). The van der Waals surface area contributed by atoms with Gasteiger partial charge in [-0.1, -0.05) is 23.9 Å². The summed E-state index contributed by atoms with van der Waals surface area (Å²) in [5.41, 5.74) is 1.50. The largest absolute Gasteiger partial charge is 0.329 e. The van der Waals surface area contributed by atoms with Crippen LogP contribution in [0.15, 0.2) is 71.0 Å². The monoisotopic (exact) mass is 341 g/mol. The first kappa shape index (κ1) is 16.3. The number of benzene rings is 2. The number of amides is 1. The number of hydrogen-bond donors (Lipinski definition) is 1. The van der Waals surface area contributed by atoms with E-state index >= 15 is 0 Å². The van der Waals surface area contributed by atoms with Crippen molar-refractivity contribution in [3.8, 4) is 0 Å². The van der Waals surface area contributed by atoms with E-state index in [0.29, 0.717) is 0 Å². The molecule has 0 unspecified atom stereocenters. The van der Waals surface area contributed by atoms with Crippen LogP contribution < -0.4 is 5.32 Å². The topological polar surface area (TPSA) is 46.9 Å². The van der Waals surface area contributed by atoms with Gasteiger partial charge < -0.3 is 9.88 Å². The van der Waals surface area contributed by atoms with Crippen LogP contribution in [0.3, 0.4) is 0 Å². The molecule has 1 amide bonds. The summed E-state index contributed by atoms with van der Waals surface area (Å²) in [6.07, 6.45) is 3.86. The minimum absolute atomic E-state index is 0.133. The Labute approximate surface area is 143 Å². The van der Waals surface area contributed by atoms with E-state index in [1.165, 1.54) is 12.1 Å². The fraction of sp³-hybridized carbons (Fsp3) is 0.111. The smallest absolute Gasteiger partial charge is 0.228 e. The van der Waals surface area contributed by atoms with Crippen molar-refractivity contribution in [2.45, 2.75) is 16.5 Å². The van der Waals surface area contributed by atoms with Crippen molar-refractivity contribution in [2.24, 2.45) is 7.05 Å². The molecule has 0 aliphatic carbocycles. The minimum atomic E-state index is -0.306. The van der Waals surface area contributed by atoms with E-state index in [-0.39, 0.29) is 18.1 Å². The van der Waals surface area contributed by atoms with Crippen LogP contribution in [0.2, 0.25) is 0 Å². The van der Waals surface area contributed by atoms with E-state index in [9.17, 15) is 9.18 Å². The Kier molecular flexibility index (Phi) is 4.96. The predicted octanol–water partition coefficient (Wildman–Crippen LogP) is 3.89. The molecule has 0 fully saturated rings. The number of anilines is 1. The average Bonchev–Trinajstić information content (AvgIpc) is 2.96. The number of imidazole rings is 1. The molecule has 24 heavy (non-hydrogen) atoms. The molecule has 3 aromatic rings. The number of aryl methyl sites for hydroxylation is 1. The Morgan fingerprint density at radius 3 is 2.50 bits per heavy atom. The maximum absolute atomic E-state index is 12.9. The van der Waals surface area contributed by atoms with Crippen molar-refractivity contribution < 1.29 is 9.18 Å². The first-order valence-electron chi connectivity index (χ1n) is 7.40. The summed E-state index contributed by atoms with van der Waals surface area (Å²) >= 11 is 1.56. The van der Waals surface area contributed by atoms with Crippen LogP contribution in [0, 0.1) is 5.82 Å². The molecule has 4 nitrogen and oxygen atoms in total. The van der Waals surface area contributed by atoms with Crippen LogP contribution in [0.25, 0.3) is 0 Å². The van der Waals surface area contributed by atoms with E-state index < -0.39 is 0 Å². The number of rotatable bonds is 5. The van der Waals surface area contributed by atoms with Gasteiger partial charge in [-0.15, -0.1) is 0 Å². The molecule has 0 radical (unpaired) electrons. The molecule has 0 aliphatic rings. The number of nitrogens with one attached hydrogen (secondary N) is 1. The SMILES string of the molecule is Cn1ccnc1Sc1ccc(NC(=O)Cc2ccc(F)cc2)cc1. The molecular formula is C18H16FN3OS. The van der Waals surface area contributed by atoms with E-state index in [1.807, 2.05) is 42.1 Å². The molecule has 0 spiro atoms. The Hall–Kier alpha value is -2.60. The van der Waals surface area contributed by atoms with Gasteiger partial charge in [0, 0.05) is 30.0 Å². The molecule has 0 saturated carbocycles. The lowest BCUT2D eigenvalue weighted by Gasteiger charge is -2.07. The molecule has 2 aromatic carbocycles. The number of carbonyl (C=O) groups is 1. The lowest BCUT2D eigenvalue weighted by molar-refractivity contribution is -0.115. The third-order valence-electron chi connectivity index (χ3n) is 3.40. The summed E-state index contributed by atoms with van der Waals surface area (Å²) in [6.45, 7) is 0. The summed E-state index contributed by atoms with van der Waals surface area (Å²) in [5, 5.41) is 3.75. The molecule has 0 aliphatic heterocycles. The first-order chi connectivity index (χ1) is 11.6. The highest BCUT2D eigenvalue weighted by molar-refractivity contribution is 7.99. The second kappa shape index (κ2) is 7.31. The second-order valence-corrected chi connectivity index (χ2v) is 6.34. The summed E-state index contributed by atoms with van der Waals surface area (Å²) < 4.78 is 14.8. The lowest BCUT2D eigenvalue weighted by Crippen LogP contribution is -2.14. The van der Waals surface area contributed by atoms with Gasteiger partial charge in [-0.05, 0) is 42.0 Å². The fourth-order valence-electron chi connectivity index (χ4n) is 2.15. The van der Waals surface area contributed by atoms with Gasteiger partial charge in [0.1, 0.15) is 5.82 Å². The normalized spacial score (nSPS) is 10.6. The molecule has 0 bridgehead atoms. The highest BCUT2D eigenvalue weighted by atomic mass is 32.2. The molecule has 1 heterocycles. The Morgan fingerprint density at radius 2 is 1.88 bits per heavy atom. The van der Waals surface area contributed by atoms with E-state index in [1.54, 1.807) is 30.1 Å². The van der Waals surface area contributed by atoms with E-state index in [2.05, 4.69) is 10.3 Å². The quantitative estimate of drug-likeness (QED) is 0.766. The van der Waals surface area contributed by atoms with Crippen LogP contribution in [0.5, 0.6) is 0 Å². The average molecular weight is 341 g/mol. The molecule has 1 aromatic heterocycles. The number of hydrogen-bond acceptors (Lipinski definition) is 3. The summed E-state index contributed by atoms with van der Waals surface area (Å²) in [5.74, 6) is -0.439. The van der Waals surface area contributed by atoms with Crippen molar-refractivity contribution in [3.63, 3.8) is 0 Å². The van der Waals surface area contributed by atoms with Crippen LogP contribution in [0.4, 0.5) is 10.1 Å². The van der Waals surface area contributed by atoms with Gasteiger partial charge in [-0.25, -0.2) is 9.37 Å². The first-order valence-corrected chi connectivity index (χ1v) is 8.21. The van der Waals surface area contributed by atoms with Crippen LogP contribution >= 0.6 is 11.8 Å². The predicted molar refractivity (Wildman–Crippen MR) is 92.5 cm³/mol. The number of halogens is 1. The van der Waals surface area contributed by atoms with Crippen LogP contribution in [-0.2, 0) is 18.3 Å². The molecular weight excluding hydrogens is 325 g/mol. The van der Waals surface area contributed by atoms with Crippen molar-refractivity contribution in [1.82, 2.24) is 9.55 Å². The highest BCUT2D eigenvalue weighted by Crippen LogP contribution is 2.26. The van der Waals surface area contributed by atoms with Crippen molar-refractivity contribution in [3.05, 3.63) is 72.3 Å². The molecule has 0 saturated heterocycles. The van der Waals surface area contributed by atoms with Crippen molar-refractivity contribution in [1.29, 1.82) is 0 Å². The molecule has 122 valence electrons. The fourth-order valence-corrected chi connectivity index (χ4v) is 2.96. The maximum Gasteiger partial charge on any atom is 0.228 e. The van der Waals surface area contributed by atoms with Gasteiger partial charge in [0.15, 0.2) is 5.16 Å². The number of aromatic nitrogens is 2. The lowest BCUT2D eigenvalue weighted by atomic mass is 10.1. The van der Waals surface area contributed by atoms with Gasteiger partial charge in [-0.3, -0.25) is 4.79 Å². The third-order valence-corrected chi connectivity index (χ3v) is 4.49. The van der Waals surface area contributed by atoms with E-state index in [0.717, 1.165) is 21.3 Å². The molecule has 0 atom stereocenters. The Bertz CT molecular complexity index is 828. The van der Waals surface area contributed by atoms with Gasteiger partial charge in [-0.2, -0.15) is 0 Å². The molecule has 1 N–H and O–H groups in total. The zero-order valence-electron chi connectivity index (χ0n) is 13.1. The summed E-state index contributed by atoms with van der Waals surface area (Å²) in [7, 11) is 1.94. The van der Waals surface area contributed by atoms with E-state index in [4.69, 9.17) is 0 Å². The number of nitrogens with zero attached hydrogens (tertiary/aromatic N) is 2. The zero-order chi connectivity index (χ0) is 16.9. The highest BCUT2D eigenvalue weighted by Gasteiger charge is 2.06.